The van der Waals surface area contributed by atoms with Crippen molar-refractivity contribution in [1.82, 2.24) is 0 Å². The van der Waals surface area contributed by atoms with Crippen LogP contribution < -0.4 is 0 Å². The van der Waals surface area contributed by atoms with Crippen LogP contribution in [-0.4, -0.2) is 6.08 Å². The average molecular weight is 244 g/mol. The zero-order valence-corrected chi connectivity index (χ0v) is 9.82. The molecule has 84 valence electrons. The van der Waals surface area contributed by atoms with Crippen LogP contribution in [0.4, 0.5) is 5.69 Å². The average Bonchev–Trinajstić information content (AvgIpc) is 2.34. The first kappa shape index (κ1) is 11.6. The molecule has 2 rings (SSSR count). The van der Waals surface area contributed by atoms with Gasteiger partial charge in [-0.05, 0) is 29.7 Å². The Morgan fingerprint density at radius 1 is 1.06 bits per heavy atom. The summed E-state index contributed by atoms with van der Waals surface area (Å²) in [6.45, 7) is 0. The fraction of sp³-hybridized carbons (Fsp3) is 0.0714. The van der Waals surface area contributed by atoms with Crippen LogP contribution in [0.5, 0.6) is 0 Å². The summed E-state index contributed by atoms with van der Waals surface area (Å²) in [7, 11) is 0. The highest BCUT2D eigenvalue weighted by Crippen LogP contribution is 2.26. The van der Waals surface area contributed by atoms with Gasteiger partial charge in [0.15, 0.2) is 0 Å². The Labute approximate surface area is 105 Å². The van der Waals surface area contributed by atoms with Crippen molar-refractivity contribution >= 4 is 23.4 Å². The van der Waals surface area contributed by atoms with E-state index in [1.54, 1.807) is 6.07 Å². The molecule has 0 amide bonds. The van der Waals surface area contributed by atoms with Gasteiger partial charge < -0.3 is 0 Å². The second-order valence-corrected chi connectivity index (χ2v) is 4.06. The lowest BCUT2D eigenvalue weighted by Crippen LogP contribution is -1.87. The molecule has 0 heterocycles. The molecule has 0 fully saturated rings. The van der Waals surface area contributed by atoms with E-state index in [9.17, 15) is 4.79 Å². The van der Waals surface area contributed by atoms with Gasteiger partial charge in [-0.2, -0.15) is 4.99 Å². The minimum absolute atomic E-state index is 0.457. The maximum absolute atomic E-state index is 10.2. The molecule has 0 aromatic heterocycles. The lowest BCUT2D eigenvalue weighted by molar-refractivity contribution is 0.565. The third kappa shape index (κ3) is 3.04. The van der Waals surface area contributed by atoms with Crippen LogP contribution in [0.1, 0.15) is 11.1 Å². The van der Waals surface area contributed by atoms with Crippen LogP contribution >= 0.6 is 11.6 Å². The molecular formula is C14H10ClNO. The van der Waals surface area contributed by atoms with E-state index in [0.29, 0.717) is 10.7 Å². The Balaban J connectivity index is 2.24. The Kier molecular flexibility index (Phi) is 3.71. The summed E-state index contributed by atoms with van der Waals surface area (Å²) in [5, 5.41) is 0.474. The summed E-state index contributed by atoms with van der Waals surface area (Å²) in [4.78, 5) is 13.7. The fourth-order valence-electron chi connectivity index (χ4n) is 1.63. The van der Waals surface area contributed by atoms with E-state index in [0.717, 1.165) is 12.0 Å². The first-order valence-corrected chi connectivity index (χ1v) is 5.57. The number of aliphatic imine (C=N–C) groups is 1. The van der Waals surface area contributed by atoms with Crippen molar-refractivity contribution in [2.75, 3.05) is 0 Å². The summed E-state index contributed by atoms with van der Waals surface area (Å²) >= 11 is 6.00. The number of isocyanates is 1. The van der Waals surface area contributed by atoms with E-state index in [-0.39, 0.29) is 0 Å². The van der Waals surface area contributed by atoms with Crippen molar-refractivity contribution in [3.8, 4) is 0 Å². The van der Waals surface area contributed by atoms with Gasteiger partial charge in [-0.15, -0.1) is 0 Å². The van der Waals surface area contributed by atoms with Crippen molar-refractivity contribution in [1.29, 1.82) is 0 Å². The summed E-state index contributed by atoms with van der Waals surface area (Å²) in [5.74, 6) is 0. The maximum Gasteiger partial charge on any atom is 0.240 e. The van der Waals surface area contributed by atoms with Gasteiger partial charge in [-0.1, -0.05) is 48.0 Å². The van der Waals surface area contributed by atoms with Crippen molar-refractivity contribution in [3.05, 3.63) is 64.7 Å². The second-order valence-electron chi connectivity index (χ2n) is 3.65. The van der Waals surface area contributed by atoms with Crippen LogP contribution in [0.2, 0.25) is 5.02 Å². The van der Waals surface area contributed by atoms with Crippen molar-refractivity contribution < 1.29 is 4.79 Å². The van der Waals surface area contributed by atoms with Gasteiger partial charge in [0.25, 0.3) is 0 Å². The molecular weight excluding hydrogens is 234 g/mol. The van der Waals surface area contributed by atoms with Gasteiger partial charge >= 0.3 is 0 Å². The summed E-state index contributed by atoms with van der Waals surface area (Å²) in [6, 6.07) is 15.6. The molecule has 0 bridgehead atoms. The SMILES string of the molecule is O=C=Nc1ccc(Cc2ccccc2)cc1Cl. The van der Waals surface area contributed by atoms with E-state index in [1.165, 1.54) is 11.6 Å². The zero-order valence-electron chi connectivity index (χ0n) is 9.06. The quantitative estimate of drug-likeness (QED) is 0.594. The first-order valence-electron chi connectivity index (χ1n) is 5.20. The number of benzene rings is 2. The van der Waals surface area contributed by atoms with Gasteiger partial charge in [0.2, 0.25) is 6.08 Å². The Morgan fingerprint density at radius 2 is 1.82 bits per heavy atom. The lowest BCUT2D eigenvalue weighted by atomic mass is 10.0. The van der Waals surface area contributed by atoms with Crippen LogP contribution in [0.15, 0.2) is 53.5 Å². The molecule has 17 heavy (non-hydrogen) atoms. The fourth-order valence-corrected chi connectivity index (χ4v) is 1.88. The predicted octanol–water partition coefficient (Wildman–Crippen LogP) is 3.90. The van der Waals surface area contributed by atoms with Crippen LogP contribution in [0, 0.1) is 0 Å². The van der Waals surface area contributed by atoms with E-state index in [2.05, 4.69) is 17.1 Å². The molecule has 0 saturated carbocycles. The second kappa shape index (κ2) is 5.44. The molecule has 0 radical (unpaired) electrons. The third-order valence-corrected chi connectivity index (χ3v) is 2.73. The Morgan fingerprint density at radius 3 is 2.47 bits per heavy atom. The monoisotopic (exact) mass is 243 g/mol. The minimum Gasteiger partial charge on any atom is -0.211 e. The minimum atomic E-state index is 0.457. The zero-order chi connectivity index (χ0) is 12.1. The van der Waals surface area contributed by atoms with E-state index in [1.807, 2.05) is 30.3 Å². The molecule has 0 saturated heterocycles. The number of rotatable bonds is 3. The van der Waals surface area contributed by atoms with E-state index >= 15 is 0 Å². The molecule has 0 spiro atoms. The van der Waals surface area contributed by atoms with Gasteiger partial charge in [0.1, 0.15) is 0 Å². The predicted molar refractivity (Wildman–Crippen MR) is 68.5 cm³/mol. The van der Waals surface area contributed by atoms with E-state index in [4.69, 9.17) is 11.6 Å². The standard InChI is InChI=1S/C14H10ClNO/c15-13-9-12(6-7-14(13)16-10-17)8-11-4-2-1-3-5-11/h1-7,9H,8H2. The smallest absolute Gasteiger partial charge is 0.211 e. The highest BCUT2D eigenvalue weighted by Gasteiger charge is 2.01. The van der Waals surface area contributed by atoms with Crippen molar-refractivity contribution in [3.63, 3.8) is 0 Å². The van der Waals surface area contributed by atoms with Crippen LogP contribution in [0.25, 0.3) is 0 Å². The summed E-state index contributed by atoms with van der Waals surface area (Å²) < 4.78 is 0. The number of hydrogen-bond donors (Lipinski definition) is 0. The van der Waals surface area contributed by atoms with Crippen LogP contribution in [0.3, 0.4) is 0 Å². The normalized spacial score (nSPS) is 9.71. The number of hydrogen-bond acceptors (Lipinski definition) is 2. The first-order chi connectivity index (χ1) is 8.29. The highest BCUT2D eigenvalue weighted by molar-refractivity contribution is 6.33. The third-order valence-electron chi connectivity index (χ3n) is 2.43. The van der Waals surface area contributed by atoms with Gasteiger partial charge in [0.05, 0.1) is 10.7 Å². The molecule has 2 aromatic rings. The number of carbonyl (C=O) groups excluding carboxylic acids is 1. The van der Waals surface area contributed by atoms with E-state index < -0.39 is 0 Å². The maximum atomic E-state index is 10.2. The molecule has 3 heteroatoms. The summed E-state index contributed by atoms with van der Waals surface area (Å²) in [6.07, 6.45) is 2.30. The lowest BCUT2D eigenvalue weighted by Gasteiger charge is -2.03. The van der Waals surface area contributed by atoms with Gasteiger partial charge in [0, 0.05) is 0 Å². The van der Waals surface area contributed by atoms with Crippen molar-refractivity contribution in [2.24, 2.45) is 4.99 Å². The van der Waals surface area contributed by atoms with Gasteiger partial charge in [-0.25, -0.2) is 4.79 Å². The van der Waals surface area contributed by atoms with Gasteiger partial charge in [-0.3, -0.25) is 0 Å². The molecule has 0 unspecified atom stereocenters. The Hall–Kier alpha value is -1.89. The molecule has 0 aliphatic carbocycles. The molecule has 2 nitrogen and oxygen atoms in total. The Bertz CT molecular complexity index is 560. The largest absolute Gasteiger partial charge is 0.240 e. The molecule has 0 aliphatic rings. The highest BCUT2D eigenvalue weighted by atomic mass is 35.5. The topological polar surface area (TPSA) is 29.4 Å². The van der Waals surface area contributed by atoms with Crippen molar-refractivity contribution in [2.45, 2.75) is 6.42 Å². The van der Waals surface area contributed by atoms with Crippen LogP contribution in [-0.2, 0) is 11.2 Å². The molecule has 2 aromatic carbocycles. The number of halogens is 1. The summed E-state index contributed by atoms with van der Waals surface area (Å²) in [5.41, 5.74) is 2.76. The number of nitrogens with zero attached hydrogens (tertiary/aromatic N) is 1. The molecule has 0 atom stereocenters. The molecule has 0 N–H and O–H groups in total. The molecule has 0 aliphatic heterocycles.